The van der Waals surface area contributed by atoms with Gasteiger partial charge in [-0.1, -0.05) is 11.8 Å². The first-order valence-corrected chi connectivity index (χ1v) is 8.29. The molecule has 1 heterocycles. The molecule has 0 unspecified atom stereocenters. The van der Waals surface area contributed by atoms with Crippen LogP contribution in [0.25, 0.3) is 6.08 Å². The lowest BCUT2D eigenvalue weighted by Gasteiger charge is -2.06. The van der Waals surface area contributed by atoms with Gasteiger partial charge in [0.25, 0.3) is 5.91 Å². The van der Waals surface area contributed by atoms with E-state index in [-0.39, 0.29) is 21.6 Å². The Balaban J connectivity index is 1.82. The molecule has 3 rings (SSSR count). The number of rotatable bonds is 3. The van der Waals surface area contributed by atoms with Gasteiger partial charge in [-0.25, -0.2) is 0 Å². The summed E-state index contributed by atoms with van der Waals surface area (Å²) >= 11 is 6.24. The molecule has 0 bridgehead atoms. The van der Waals surface area contributed by atoms with Crippen LogP contribution in [0.4, 0.5) is 0 Å². The first kappa shape index (κ1) is 17.0. The van der Waals surface area contributed by atoms with Gasteiger partial charge < -0.3 is 15.3 Å². The summed E-state index contributed by atoms with van der Waals surface area (Å²) in [5.41, 5.74) is 1.09. The molecule has 8 heteroatoms. The number of hydrogen-bond donors (Lipinski definition) is 3. The van der Waals surface area contributed by atoms with Crippen molar-refractivity contribution in [1.82, 2.24) is 5.01 Å². The van der Waals surface area contributed by atoms with Crippen LogP contribution in [0, 0.1) is 0 Å². The molecule has 0 spiro atoms. The monoisotopic (exact) mass is 372 g/mol. The lowest BCUT2D eigenvalue weighted by Crippen LogP contribution is -2.22. The van der Waals surface area contributed by atoms with Gasteiger partial charge in [0, 0.05) is 11.6 Å². The fourth-order valence-electron chi connectivity index (χ4n) is 2.04. The Bertz CT molecular complexity index is 907. The van der Waals surface area contributed by atoms with E-state index in [9.17, 15) is 20.1 Å². The van der Waals surface area contributed by atoms with Gasteiger partial charge in [0.2, 0.25) is 0 Å². The maximum Gasteiger partial charge on any atom is 0.286 e. The number of hydrazone groups is 1. The predicted molar refractivity (Wildman–Crippen MR) is 100 cm³/mol. The zero-order chi connectivity index (χ0) is 18.0. The Kier molecular flexibility index (Phi) is 4.73. The van der Waals surface area contributed by atoms with Crippen LogP contribution in [0.1, 0.15) is 11.1 Å². The van der Waals surface area contributed by atoms with Crippen molar-refractivity contribution in [2.24, 2.45) is 5.10 Å². The molecule has 0 atom stereocenters. The van der Waals surface area contributed by atoms with Gasteiger partial charge in [0.1, 0.15) is 17.2 Å². The first-order valence-electron chi connectivity index (χ1n) is 7.07. The summed E-state index contributed by atoms with van der Waals surface area (Å²) in [4.78, 5) is 12.8. The summed E-state index contributed by atoms with van der Waals surface area (Å²) < 4.78 is 0.268. The highest BCUT2D eigenvalue weighted by Gasteiger charge is 2.32. The number of thiocarbonyl (C=S) groups is 1. The largest absolute Gasteiger partial charge is 0.508 e. The molecule has 2 aromatic carbocycles. The number of carbonyl (C=O) groups is 1. The maximum atomic E-state index is 12.4. The first-order chi connectivity index (χ1) is 11.9. The number of nitrogens with zero attached hydrogens (tertiary/aromatic N) is 2. The Morgan fingerprint density at radius 3 is 2.40 bits per heavy atom. The lowest BCUT2D eigenvalue weighted by atomic mass is 10.1. The molecule has 0 aromatic heterocycles. The van der Waals surface area contributed by atoms with E-state index < -0.39 is 5.91 Å². The van der Waals surface area contributed by atoms with Crippen molar-refractivity contribution in [2.45, 2.75) is 0 Å². The Morgan fingerprint density at radius 2 is 1.72 bits per heavy atom. The quantitative estimate of drug-likeness (QED) is 0.436. The fourth-order valence-corrected chi connectivity index (χ4v) is 3.20. The van der Waals surface area contributed by atoms with Crippen molar-refractivity contribution < 1.29 is 20.1 Å². The van der Waals surface area contributed by atoms with Gasteiger partial charge in [-0.2, -0.15) is 10.1 Å². The molecule has 2 aromatic rings. The third-order valence-electron chi connectivity index (χ3n) is 3.29. The highest BCUT2D eigenvalue weighted by Crippen LogP contribution is 2.34. The van der Waals surface area contributed by atoms with E-state index in [2.05, 4.69) is 5.10 Å². The van der Waals surface area contributed by atoms with Crippen LogP contribution in [0.3, 0.4) is 0 Å². The number of benzene rings is 2. The SMILES string of the molecule is O=C1/C(=C\c2ccc(O)cc2O)SC(=S)N1/N=C/c1ccc(O)cc1. The third-order valence-corrected chi connectivity index (χ3v) is 4.57. The third kappa shape index (κ3) is 3.81. The molecular weight excluding hydrogens is 360 g/mol. The molecule has 1 aliphatic rings. The normalized spacial score (nSPS) is 16.3. The number of amides is 1. The van der Waals surface area contributed by atoms with Crippen molar-refractivity contribution in [2.75, 3.05) is 0 Å². The highest BCUT2D eigenvalue weighted by molar-refractivity contribution is 8.26. The summed E-state index contributed by atoms with van der Waals surface area (Å²) in [7, 11) is 0. The van der Waals surface area contributed by atoms with Gasteiger partial charge in [-0.05, 0) is 60.3 Å². The number of thioether (sulfide) groups is 1. The molecule has 1 saturated heterocycles. The lowest BCUT2D eigenvalue weighted by molar-refractivity contribution is -0.122. The molecule has 6 nitrogen and oxygen atoms in total. The van der Waals surface area contributed by atoms with Crippen LogP contribution in [0.2, 0.25) is 0 Å². The zero-order valence-corrected chi connectivity index (χ0v) is 14.3. The van der Waals surface area contributed by atoms with Crippen LogP contribution in [-0.2, 0) is 4.79 Å². The van der Waals surface area contributed by atoms with Crippen molar-refractivity contribution in [3.63, 3.8) is 0 Å². The molecule has 1 aliphatic heterocycles. The Morgan fingerprint density at radius 1 is 1.04 bits per heavy atom. The smallest absolute Gasteiger partial charge is 0.286 e. The van der Waals surface area contributed by atoms with Gasteiger partial charge in [-0.15, -0.1) is 0 Å². The minimum absolute atomic E-state index is 0.0688. The minimum atomic E-state index is -0.405. The Hall–Kier alpha value is -2.84. The van der Waals surface area contributed by atoms with E-state index in [1.807, 2.05) is 0 Å². The molecule has 1 amide bonds. The highest BCUT2D eigenvalue weighted by atomic mass is 32.2. The average Bonchev–Trinajstić information content (AvgIpc) is 2.83. The summed E-state index contributed by atoms with van der Waals surface area (Å²) in [6, 6.07) is 10.4. The second kappa shape index (κ2) is 6.96. The summed E-state index contributed by atoms with van der Waals surface area (Å²) in [6.07, 6.45) is 2.95. The number of hydrogen-bond acceptors (Lipinski definition) is 7. The van der Waals surface area contributed by atoms with E-state index in [0.29, 0.717) is 16.0 Å². The second-order valence-corrected chi connectivity index (χ2v) is 6.75. The summed E-state index contributed by atoms with van der Waals surface area (Å²) in [5, 5.41) is 33.6. The van der Waals surface area contributed by atoms with E-state index >= 15 is 0 Å². The van der Waals surface area contributed by atoms with Gasteiger partial charge in [-0.3, -0.25) is 4.79 Å². The second-order valence-electron chi connectivity index (χ2n) is 5.07. The number of aromatic hydroxyl groups is 3. The van der Waals surface area contributed by atoms with Crippen molar-refractivity contribution >= 4 is 46.5 Å². The Labute approximate surface area is 152 Å². The van der Waals surface area contributed by atoms with E-state index in [0.717, 1.165) is 16.8 Å². The minimum Gasteiger partial charge on any atom is -0.508 e. The van der Waals surface area contributed by atoms with Gasteiger partial charge in [0.05, 0.1) is 11.1 Å². The molecule has 25 heavy (non-hydrogen) atoms. The van der Waals surface area contributed by atoms with Crippen LogP contribution >= 0.6 is 24.0 Å². The van der Waals surface area contributed by atoms with E-state index in [1.165, 1.54) is 42.6 Å². The zero-order valence-electron chi connectivity index (χ0n) is 12.7. The van der Waals surface area contributed by atoms with Crippen molar-refractivity contribution in [1.29, 1.82) is 0 Å². The molecule has 1 fully saturated rings. The van der Waals surface area contributed by atoms with Gasteiger partial charge >= 0.3 is 0 Å². The summed E-state index contributed by atoms with van der Waals surface area (Å²) in [6.45, 7) is 0. The molecule has 0 saturated carbocycles. The number of phenols is 3. The molecule has 126 valence electrons. The molecule has 0 aliphatic carbocycles. The van der Waals surface area contributed by atoms with Crippen LogP contribution < -0.4 is 0 Å². The molecular formula is C17H12N2O4S2. The van der Waals surface area contributed by atoms with Crippen molar-refractivity contribution in [3.05, 3.63) is 58.5 Å². The van der Waals surface area contributed by atoms with E-state index in [4.69, 9.17) is 12.2 Å². The maximum absolute atomic E-state index is 12.4. The average molecular weight is 372 g/mol. The topological polar surface area (TPSA) is 93.4 Å². The van der Waals surface area contributed by atoms with Crippen LogP contribution in [0.5, 0.6) is 17.2 Å². The summed E-state index contributed by atoms with van der Waals surface area (Å²) in [5.74, 6) is -0.476. The van der Waals surface area contributed by atoms with E-state index in [1.54, 1.807) is 12.1 Å². The van der Waals surface area contributed by atoms with Crippen LogP contribution in [-0.4, -0.2) is 36.8 Å². The number of phenolic OH excluding ortho intramolecular Hbond substituents is 3. The fraction of sp³-hybridized carbons (Fsp3) is 0. The molecule has 0 radical (unpaired) electrons. The van der Waals surface area contributed by atoms with Gasteiger partial charge in [0.15, 0.2) is 4.32 Å². The van der Waals surface area contributed by atoms with Crippen LogP contribution in [0.15, 0.2) is 52.5 Å². The standard InChI is InChI=1S/C17H12N2O4S2/c20-12-4-1-10(2-5-12)9-18-19-16(23)15(25-17(19)24)7-11-3-6-13(21)8-14(11)22/h1-9,20-22H/b15-7+,18-9+. The van der Waals surface area contributed by atoms with Crippen molar-refractivity contribution in [3.8, 4) is 17.2 Å². The predicted octanol–water partition coefficient (Wildman–Crippen LogP) is 3.04. The molecule has 3 N–H and O–H groups in total. The number of carbonyl (C=O) groups excluding carboxylic acids is 1.